The molecule has 1 rings (SSSR count). The van der Waals surface area contributed by atoms with Gasteiger partial charge in [-0.15, -0.1) is 11.6 Å². The van der Waals surface area contributed by atoms with Crippen molar-refractivity contribution in [3.05, 3.63) is 23.7 Å². The molecule has 0 saturated carbocycles. The molecule has 96 valence electrons. The summed E-state index contributed by atoms with van der Waals surface area (Å²) in [7, 11) is 0. The average molecular weight is 270 g/mol. The van der Waals surface area contributed by atoms with Gasteiger partial charge in [-0.05, 0) is 13.0 Å². The number of rotatable bonds is 4. The molecule has 17 heavy (non-hydrogen) atoms. The second-order valence-corrected chi connectivity index (χ2v) is 3.85. The fraction of sp³-hybridized carbons (Fsp3) is 0.500. The van der Waals surface area contributed by atoms with Crippen LogP contribution in [0.2, 0.25) is 0 Å². The van der Waals surface area contributed by atoms with Gasteiger partial charge in [0.05, 0.1) is 5.56 Å². The van der Waals surface area contributed by atoms with Crippen LogP contribution >= 0.6 is 11.6 Å². The van der Waals surface area contributed by atoms with Crippen LogP contribution in [0.15, 0.2) is 16.7 Å². The van der Waals surface area contributed by atoms with Crippen LogP contribution < -0.4 is 0 Å². The van der Waals surface area contributed by atoms with E-state index in [1.165, 1.54) is 6.07 Å². The number of aryl methyl sites for hydroxylation is 1. The fourth-order valence-corrected chi connectivity index (χ4v) is 1.51. The Kier molecular flexibility index (Phi) is 4.45. The molecule has 0 bridgehead atoms. The van der Waals surface area contributed by atoms with E-state index in [0.29, 0.717) is 10.7 Å². The highest BCUT2D eigenvalue weighted by atomic mass is 35.5. The third-order valence-corrected chi connectivity index (χ3v) is 2.16. The fourth-order valence-electron chi connectivity index (χ4n) is 1.31. The Bertz CT molecular complexity index is 389. The molecule has 0 spiro atoms. The molecule has 0 atom stereocenters. The van der Waals surface area contributed by atoms with E-state index >= 15 is 0 Å². The molecular formula is C10H11ClF3NO2. The highest BCUT2D eigenvalue weighted by molar-refractivity contribution is 6.18. The van der Waals surface area contributed by atoms with Gasteiger partial charge in [0, 0.05) is 12.4 Å². The second kappa shape index (κ2) is 5.44. The van der Waals surface area contributed by atoms with Gasteiger partial charge in [0.1, 0.15) is 18.6 Å². The van der Waals surface area contributed by atoms with E-state index in [9.17, 15) is 18.0 Å². The van der Waals surface area contributed by atoms with E-state index < -0.39 is 18.6 Å². The molecule has 3 nitrogen and oxygen atoms in total. The summed E-state index contributed by atoms with van der Waals surface area (Å²) in [5, 5.41) is 0. The van der Waals surface area contributed by atoms with Crippen LogP contribution in [0.25, 0.3) is 0 Å². The maximum absolute atomic E-state index is 12.2. The molecule has 1 amide bonds. The van der Waals surface area contributed by atoms with E-state index in [1.54, 1.807) is 6.92 Å². The highest BCUT2D eigenvalue weighted by Gasteiger charge is 2.33. The number of halogens is 4. The number of carbonyl (C=O) groups excluding carboxylic acids is 1. The Morgan fingerprint density at radius 1 is 1.53 bits per heavy atom. The van der Waals surface area contributed by atoms with Gasteiger partial charge >= 0.3 is 6.18 Å². The highest BCUT2D eigenvalue weighted by Crippen LogP contribution is 2.18. The lowest BCUT2D eigenvalue weighted by Gasteiger charge is -2.22. The normalized spacial score (nSPS) is 11.6. The summed E-state index contributed by atoms with van der Waals surface area (Å²) in [6.45, 7) is 0.124. The minimum atomic E-state index is -4.44. The summed E-state index contributed by atoms with van der Waals surface area (Å²) in [4.78, 5) is 12.4. The Labute approximate surface area is 101 Å². The van der Waals surface area contributed by atoms with Crippen molar-refractivity contribution in [3.63, 3.8) is 0 Å². The van der Waals surface area contributed by atoms with Crippen LogP contribution in [-0.2, 0) is 0 Å². The smallest absolute Gasteiger partial charge is 0.406 e. The zero-order valence-corrected chi connectivity index (χ0v) is 9.81. The van der Waals surface area contributed by atoms with Gasteiger partial charge in [-0.25, -0.2) is 0 Å². The first kappa shape index (κ1) is 13.9. The predicted octanol–water partition coefficient (Wildman–Crippen LogP) is 2.83. The number of hydrogen-bond donors (Lipinski definition) is 0. The first-order valence-corrected chi connectivity index (χ1v) is 5.34. The summed E-state index contributed by atoms with van der Waals surface area (Å²) in [6, 6.07) is 1.39. The average Bonchev–Trinajstić information content (AvgIpc) is 2.61. The van der Waals surface area contributed by atoms with Gasteiger partial charge in [-0.3, -0.25) is 4.79 Å². The van der Waals surface area contributed by atoms with Crippen LogP contribution in [0.5, 0.6) is 0 Å². The number of hydrogen-bond acceptors (Lipinski definition) is 2. The maximum atomic E-state index is 12.2. The topological polar surface area (TPSA) is 33.5 Å². The molecule has 0 aliphatic heterocycles. The van der Waals surface area contributed by atoms with Gasteiger partial charge in [-0.1, -0.05) is 0 Å². The van der Waals surface area contributed by atoms with E-state index in [4.69, 9.17) is 16.0 Å². The van der Waals surface area contributed by atoms with Crippen molar-refractivity contribution in [2.75, 3.05) is 19.0 Å². The zero-order chi connectivity index (χ0) is 13.1. The van der Waals surface area contributed by atoms with Gasteiger partial charge in [0.15, 0.2) is 0 Å². The minimum Gasteiger partial charge on any atom is -0.469 e. The van der Waals surface area contributed by atoms with Gasteiger partial charge < -0.3 is 9.32 Å². The van der Waals surface area contributed by atoms with Crippen LogP contribution in [0, 0.1) is 6.92 Å². The molecule has 1 aromatic heterocycles. The van der Waals surface area contributed by atoms with Crippen molar-refractivity contribution in [3.8, 4) is 0 Å². The second-order valence-electron chi connectivity index (χ2n) is 3.48. The molecule has 1 heterocycles. The van der Waals surface area contributed by atoms with Crippen molar-refractivity contribution < 1.29 is 22.4 Å². The lowest BCUT2D eigenvalue weighted by Crippen LogP contribution is -2.40. The van der Waals surface area contributed by atoms with E-state index in [2.05, 4.69) is 0 Å². The largest absolute Gasteiger partial charge is 0.469 e. The molecule has 0 aliphatic rings. The molecule has 0 aromatic carbocycles. The molecule has 0 aliphatic carbocycles. The standard InChI is InChI=1S/C10H11ClF3NO2/c1-7-4-8(5-17-7)9(16)15(3-2-11)6-10(12,13)14/h4-5H,2-3,6H2,1H3. The van der Waals surface area contributed by atoms with E-state index in [0.717, 1.165) is 6.26 Å². The molecular weight excluding hydrogens is 259 g/mol. The summed E-state index contributed by atoms with van der Waals surface area (Å²) < 4.78 is 41.6. The summed E-state index contributed by atoms with van der Waals surface area (Å²) in [5.41, 5.74) is 0.0943. The SMILES string of the molecule is Cc1cc(C(=O)N(CCCl)CC(F)(F)F)co1. The quantitative estimate of drug-likeness (QED) is 0.788. The van der Waals surface area contributed by atoms with Gasteiger partial charge in [-0.2, -0.15) is 13.2 Å². The third kappa shape index (κ3) is 4.30. The van der Waals surface area contributed by atoms with Gasteiger partial charge in [0.25, 0.3) is 5.91 Å². The Morgan fingerprint density at radius 2 is 2.18 bits per heavy atom. The lowest BCUT2D eigenvalue weighted by atomic mass is 10.2. The first-order valence-electron chi connectivity index (χ1n) is 4.80. The van der Waals surface area contributed by atoms with E-state index in [1.807, 2.05) is 0 Å². The first-order chi connectivity index (χ1) is 7.83. The van der Waals surface area contributed by atoms with E-state index in [-0.39, 0.29) is 18.0 Å². The molecule has 0 saturated heterocycles. The monoisotopic (exact) mass is 269 g/mol. The van der Waals surface area contributed by atoms with Crippen molar-refractivity contribution in [1.29, 1.82) is 0 Å². The molecule has 7 heteroatoms. The third-order valence-electron chi connectivity index (χ3n) is 1.99. The number of nitrogens with zero attached hydrogens (tertiary/aromatic N) is 1. The van der Waals surface area contributed by atoms with Crippen LogP contribution in [-0.4, -0.2) is 36.0 Å². The zero-order valence-electron chi connectivity index (χ0n) is 9.05. The summed E-state index contributed by atoms with van der Waals surface area (Å²) >= 11 is 5.38. The minimum absolute atomic E-state index is 0.0569. The molecule has 0 N–H and O–H groups in total. The van der Waals surface area contributed by atoms with Crippen LogP contribution in [0.1, 0.15) is 16.1 Å². The van der Waals surface area contributed by atoms with Crippen LogP contribution in [0.4, 0.5) is 13.2 Å². The van der Waals surface area contributed by atoms with Crippen molar-refractivity contribution >= 4 is 17.5 Å². The van der Waals surface area contributed by atoms with Crippen LogP contribution in [0.3, 0.4) is 0 Å². The number of carbonyl (C=O) groups is 1. The Hall–Kier alpha value is -1.17. The Balaban J connectivity index is 2.80. The molecule has 0 radical (unpaired) electrons. The number of amides is 1. The molecule has 0 unspecified atom stereocenters. The predicted molar refractivity (Wildman–Crippen MR) is 56.1 cm³/mol. The number of alkyl halides is 4. The number of furan rings is 1. The summed E-state index contributed by atoms with van der Waals surface area (Å²) in [6.07, 6.45) is -3.31. The lowest BCUT2D eigenvalue weighted by molar-refractivity contribution is -0.140. The van der Waals surface area contributed by atoms with Gasteiger partial charge in [0.2, 0.25) is 0 Å². The maximum Gasteiger partial charge on any atom is 0.406 e. The van der Waals surface area contributed by atoms with Crippen molar-refractivity contribution in [1.82, 2.24) is 4.90 Å². The Morgan fingerprint density at radius 3 is 2.59 bits per heavy atom. The van der Waals surface area contributed by atoms with Crippen molar-refractivity contribution in [2.45, 2.75) is 13.1 Å². The van der Waals surface area contributed by atoms with Crippen molar-refractivity contribution in [2.24, 2.45) is 0 Å². The molecule has 1 aromatic rings. The molecule has 0 fully saturated rings. The summed E-state index contributed by atoms with van der Waals surface area (Å²) in [5.74, 6) is -0.329.